The number of aryl methyl sites for hydroxylation is 1. The number of amides is 2. The van der Waals surface area contributed by atoms with Crippen molar-refractivity contribution >= 4 is 17.7 Å². The molecular weight excluding hydrogens is 270 g/mol. The lowest BCUT2D eigenvalue weighted by Crippen LogP contribution is -2.48. The second-order valence-electron chi connectivity index (χ2n) is 5.27. The van der Waals surface area contributed by atoms with Crippen LogP contribution in [-0.2, 0) is 11.2 Å². The van der Waals surface area contributed by atoms with Crippen LogP contribution >= 0.6 is 0 Å². The van der Waals surface area contributed by atoms with E-state index in [1.807, 2.05) is 31.3 Å². The molecule has 1 fully saturated rings. The maximum Gasteiger partial charge on any atom is 0.321 e. The molecule has 0 radical (unpaired) electrons. The van der Waals surface area contributed by atoms with Gasteiger partial charge in [0.05, 0.1) is 0 Å². The van der Waals surface area contributed by atoms with E-state index in [9.17, 15) is 9.59 Å². The molecule has 0 saturated carbocycles. The zero-order chi connectivity index (χ0) is 15.2. The van der Waals surface area contributed by atoms with Gasteiger partial charge in [-0.05, 0) is 25.1 Å². The predicted molar refractivity (Wildman–Crippen MR) is 80.5 cm³/mol. The molecule has 0 aliphatic carbocycles. The van der Waals surface area contributed by atoms with Gasteiger partial charge in [-0.3, -0.25) is 4.79 Å². The number of carbonyl (C=O) groups is 2. The average molecular weight is 291 g/mol. The second kappa shape index (κ2) is 7.08. The lowest BCUT2D eigenvalue weighted by atomic mass is 10.1. The Bertz CT molecular complexity index is 511. The minimum Gasteiger partial charge on any atom is -0.481 e. The van der Waals surface area contributed by atoms with Crippen LogP contribution in [0.2, 0.25) is 0 Å². The summed E-state index contributed by atoms with van der Waals surface area (Å²) in [5, 5.41) is 11.7. The van der Waals surface area contributed by atoms with Crippen LogP contribution in [0.5, 0.6) is 0 Å². The van der Waals surface area contributed by atoms with E-state index >= 15 is 0 Å². The molecule has 0 unspecified atom stereocenters. The molecule has 0 bridgehead atoms. The standard InChI is InChI=1S/C15H21N3O3/c1-17-8-10-18(11-9-17)15(21)16-13-5-3-2-4-12(13)6-7-14(19)20/h2-5H,6-11H2,1H3,(H,16,21)(H,19,20). The van der Waals surface area contributed by atoms with Gasteiger partial charge in [-0.2, -0.15) is 0 Å². The highest BCUT2D eigenvalue weighted by molar-refractivity contribution is 5.90. The minimum absolute atomic E-state index is 0.0569. The lowest BCUT2D eigenvalue weighted by molar-refractivity contribution is -0.136. The molecule has 2 amide bonds. The highest BCUT2D eigenvalue weighted by Gasteiger charge is 2.19. The number of carboxylic acid groups (broad SMARTS) is 1. The van der Waals surface area contributed by atoms with Crippen molar-refractivity contribution in [2.45, 2.75) is 12.8 Å². The molecule has 1 aliphatic heterocycles. The summed E-state index contributed by atoms with van der Waals surface area (Å²) in [5.74, 6) is -0.838. The summed E-state index contributed by atoms with van der Waals surface area (Å²) in [4.78, 5) is 26.9. The van der Waals surface area contributed by atoms with Gasteiger partial charge in [0, 0.05) is 38.3 Å². The largest absolute Gasteiger partial charge is 0.481 e. The van der Waals surface area contributed by atoms with Crippen LogP contribution < -0.4 is 5.32 Å². The Labute approximate surface area is 124 Å². The van der Waals surface area contributed by atoms with E-state index in [0.717, 1.165) is 18.7 Å². The van der Waals surface area contributed by atoms with Gasteiger partial charge < -0.3 is 20.2 Å². The molecule has 6 nitrogen and oxygen atoms in total. The Morgan fingerprint density at radius 1 is 1.19 bits per heavy atom. The van der Waals surface area contributed by atoms with Gasteiger partial charge >= 0.3 is 12.0 Å². The third-order valence-electron chi connectivity index (χ3n) is 3.66. The van der Waals surface area contributed by atoms with Crippen molar-refractivity contribution in [3.8, 4) is 0 Å². The average Bonchev–Trinajstić information content (AvgIpc) is 2.47. The van der Waals surface area contributed by atoms with Gasteiger partial charge in [-0.1, -0.05) is 18.2 Å². The molecule has 0 atom stereocenters. The third-order valence-corrected chi connectivity index (χ3v) is 3.66. The molecule has 0 aromatic heterocycles. The number of hydrogen-bond donors (Lipinski definition) is 2. The second-order valence-corrected chi connectivity index (χ2v) is 5.27. The number of nitrogens with zero attached hydrogens (tertiary/aromatic N) is 2. The quantitative estimate of drug-likeness (QED) is 0.881. The number of piperazine rings is 1. The number of carbonyl (C=O) groups excluding carboxylic acids is 1. The van der Waals surface area contributed by atoms with E-state index in [0.29, 0.717) is 25.2 Å². The Kier molecular flexibility index (Phi) is 5.16. The number of anilines is 1. The molecule has 6 heteroatoms. The van der Waals surface area contributed by atoms with Crippen LogP contribution in [0.15, 0.2) is 24.3 Å². The fraction of sp³-hybridized carbons (Fsp3) is 0.467. The first-order valence-electron chi connectivity index (χ1n) is 7.10. The SMILES string of the molecule is CN1CCN(C(=O)Nc2ccccc2CCC(=O)O)CC1. The molecule has 1 saturated heterocycles. The summed E-state index contributed by atoms with van der Waals surface area (Å²) in [5.41, 5.74) is 1.55. The molecular formula is C15H21N3O3. The number of likely N-dealkylation sites (N-methyl/N-ethyl adjacent to an activating group) is 1. The number of benzene rings is 1. The Balaban J connectivity index is 1.98. The van der Waals surface area contributed by atoms with Gasteiger partial charge in [0.1, 0.15) is 0 Å². The maximum atomic E-state index is 12.2. The van der Waals surface area contributed by atoms with Crippen molar-refractivity contribution in [3.05, 3.63) is 29.8 Å². The fourth-order valence-corrected chi connectivity index (χ4v) is 2.31. The van der Waals surface area contributed by atoms with Crippen molar-refractivity contribution in [2.24, 2.45) is 0 Å². The number of aliphatic carboxylic acids is 1. The van der Waals surface area contributed by atoms with Crippen LogP contribution in [0.25, 0.3) is 0 Å². The number of para-hydroxylation sites is 1. The van der Waals surface area contributed by atoms with Crippen molar-refractivity contribution in [2.75, 3.05) is 38.5 Å². The van der Waals surface area contributed by atoms with Crippen LogP contribution in [0.3, 0.4) is 0 Å². The van der Waals surface area contributed by atoms with Gasteiger partial charge in [-0.15, -0.1) is 0 Å². The normalized spacial score (nSPS) is 15.8. The van der Waals surface area contributed by atoms with E-state index in [4.69, 9.17) is 5.11 Å². The molecule has 0 spiro atoms. The van der Waals surface area contributed by atoms with Crippen LogP contribution in [-0.4, -0.2) is 60.1 Å². The molecule has 2 N–H and O–H groups in total. The smallest absolute Gasteiger partial charge is 0.321 e. The molecule has 1 heterocycles. The first-order chi connectivity index (χ1) is 10.1. The first-order valence-corrected chi connectivity index (χ1v) is 7.10. The molecule has 2 rings (SSSR count). The molecule has 1 aliphatic rings. The summed E-state index contributed by atoms with van der Waals surface area (Å²) in [6, 6.07) is 7.23. The Morgan fingerprint density at radius 3 is 2.52 bits per heavy atom. The highest BCUT2D eigenvalue weighted by atomic mass is 16.4. The molecule has 1 aromatic rings. The third kappa shape index (κ3) is 4.46. The Hall–Kier alpha value is -2.08. The van der Waals surface area contributed by atoms with Gasteiger partial charge in [0.2, 0.25) is 0 Å². The zero-order valence-corrected chi connectivity index (χ0v) is 12.2. The van der Waals surface area contributed by atoms with Crippen LogP contribution in [0, 0.1) is 0 Å². The van der Waals surface area contributed by atoms with Gasteiger partial charge in [-0.25, -0.2) is 4.79 Å². The Morgan fingerprint density at radius 2 is 1.86 bits per heavy atom. The van der Waals surface area contributed by atoms with Gasteiger partial charge in [0.25, 0.3) is 0 Å². The number of hydrogen-bond acceptors (Lipinski definition) is 3. The summed E-state index contributed by atoms with van der Waals surface area (Å²) >= 11 is 0. The van der Waals surface area contributed by atoms with Crippen LogP contribution in [0.1, 0.15) is 12.0 Å². The summed E-state index contributed by atoms with van der Waals surface area (Å²) < 4.78 is 0. The topological polar surface area (TPSA) is 72.9 Å². The van der Waals surface area contributed by atoms with E-state index in [2.05, 4.69) is 10.2 Å². The summed E-state index contributed by atoms with van der Waals surface area (Å²) in [6.45, 7) is 3.15. The summed E-state index contributed by atoms with van der Waals surface area (Å²) in [6.07, 6.45) is 0.468. The van der Waals surface area contributed by atoms with Crippen molar-refractivity contribution in [1.82, 2.24) is 9.80 Å². The highest BCUT2D eigenvalue weighted by Crippen LogP contribution is 2.17. The van der Waals surface area contributed by atoms with Crippen molar-refractivity contribution in [1.29, 1.82) is 0 Å². The minimum atomic E-state index is -0.838. The number of rotatable bonds is 4. The molecule has 21 heavy (non-hydrogen) atoms. The van der Waals surface area contributed by atoms with E-state index in [1.54, 1.807) is 4.90 Å². The van der Waals surface area contributed by atoms with Crippen molar-refractivity contribution < 1.29 is 14.7 Å². The first kappa shape index (κ1) is 15.3. The number of carboxylic acids is 1. The number of nitrogens with one attached hydrogen (secondary N) is 1. The fourth-order valence-electron chi connectivity index (χ4n) is 2.31. The van der Waals surface area contributed by atoms with E-state index in [1.165, 1.54) is 0 Å². The summed E-state index contributed by atoms with van der Waals surface area (Å²) in [7, 11) is 2.04. The van der Waals surface area contributed by atoms with E-state index < -0.39 is 5.97 Å². The predicted octanol–water partition coefficient (Wildman–Crippen LogP) is 1.48. The van der Waals surface area contributed by atoms with Gasteiger partial charge in [0.15, 0.2) is 0 Å². The van der Waals surface area contributed by atoms with E-state index in [-0.39, 0.29) is 12.5 Å². The number of urea groups is 1. The monoisotopic (exact) mass is 291 g/mol. The lowest BCUT2D eigenvalue weighted by Gasteiger charge is -2.32. The van der Waals surface area contributed by atoms with Crippen LogP contribution in [0.4, 0.5) is 10.5 Å². The zero-order valence-electron chi connectivity index (χ0n) is 12.2. The maximum absolute atomic E-state index is 12.2. The molecule has 114 valence electrons. The van der Waals surface area contributed by atoms with Crippen molar-refractivity contribution in [3.63, 3.8) is 0 Å². The molecule has 1 aromatic carbocycles.